The third-order valence-corrected chi connectivity index (χ3v) is 15.1. The lowest BCUT2D eigenvalue weighted by atomic mass is 10.1. The predicted molar refractivity (Wildman–Crippen MR) is 372 cm³/mol. The minimum atomic E-state index is -0.279. The zero-order chi connectivity index (χ0) is 66.7. The summed E-state index contributed by atoms with van der Waals surface area (Å²) in [6, 6.07) is 45.2. The first-order valence-corrected chi connectivity index (χ1v) is 32.0. The average molecular weight is 1280 g/mol. The second-order valence-electron chi connectivity index (χ2n) is 23.0. The summed E-state index contributed by atoms with van der Waals surface area (Å²) in [5.41, 5.74) is 13.0. The van der Waals surface area contributed by atoms with Crippen LogP contribution in [-0.2, 0) is 12.8 Å². The second-order valence-corrected chi connectivity index (χ2v) is 23.4. The Morgan fingerprint density at radius 3 is 1.06 bits per heavy atom. The number of fused-ring (bicyclic) bond motifs is 3. The van der Waals surface area contributed by atoms with Gasteiger partial charge in [0.2, 0.25) is 0 Å². The van der Waals surface area contributed by atoms with E-state index in [1.807, 2.05) is 112 Å². The highest BCUT2D eigenvalue weighted by Crippen LogP contribution is 2.26. The van der Waals surface area contributed by atoms with Crippen LogP contribution < -0.4 is 21.7 Å². The Balaban J connectivity index is 0.000000161. The molecule has 3 amide bonds. The summed E-state index contributed by atoms with van der Waals surface area (Å²) in [6.45, 7) is 19.5. The molecule has 12 rings (SSSR count). The van der Waals surface area contributed by atoms with Crippen LogP contribution >= 0.6 is 11.6 Å². The van der Waals surface area contributed by atoms with Crippen LogP contribution in [0.5, 0.6) is 0 Å². The Labute approximate surface area is 551 Å². The number of aryl methyl sites for hydroxylation is 2. The number of nitrogens with one attached hydrogen (secondary N) is 3. The Hall–Kier alpha value is -10.6. The summed E-state index contributed by atoms with van der Waals surface area (Å²) >= 11 is 5.95. The number of carbonyl (C=O) groups is 3. The number of benzene rings is 3. The maximum atomic E-state index is 12.9. The molecule has 22 nitrogen and oxygen atoms in total. The molecule has 0 aliphatic heterocycles. The monoisotopic (exact) mass is 1280 g/mol. The fraction of sp³-hybridized carbons (Fsp3) is 0.282. The molecule has 482 valence electrons. The number of pyridine rings is 6. The molecule has 9 heterocycles. The summed E-state index contributed by atoms with van der Waals surface area (Å²) in [7, 11) is 0. The third kappa shape index (κ3) is 17.7. The van der Waals surface area contributed by atoms with Crippen LogP contribution in [-0.4, -0.2) is 98.5 Å². The predicted octanol–water partition coefficient (Wildman–Crippen LogP) is 14.9. The van der Waals surface area contributed by atoms with Gasteiger partial charge in [-0.1, -0.05) is 93.7 Å². The number of amides is 3. The second kappa shape index (κ2) is 32.6. The molecule has 0 spiro atoms. The van der Waals surface area contributed by atoms with Crippen molar-refractivity contribution in [2.45, 2.75) is 125 Å². The highest BCUT2D eigenvalue weighted by atomic mass is 35.5. The van der Waals surface area contributed by atoms with Gasteiger partial charge >= 0.3 is 0 Å². The van der Waals surface area contributed by atoms with E-state index in [1.54, 1.807) is 55.4 Å². The minimum Gasteiger partial charge on any atom is -0.330 e. The van der Waals surface area contributed by atoms with Gasteiger partial charge in [-0.05, 0) is 177 Å². The van der Waals surface area contributed by atoms with E-state index in [2.05, 4.69) is 139 Å². The van der Waals surface area contributed by atoms with Gasteiger partial charge in [-0.25, -0.2) is 19.9 Å². The van der Waals surface area contributed by atoms with Crippen molar-refractivity contribution in [2.24, 2.45) is 5.73 Å². The molecule has 23 heteroatoms. The number of aromatic nitrogens is 15. The molecule has 0 aliphatic rings. The number of hydrogen-bond donors (Lipinski definition) is 4. The first-order valence-electron chi connectivity index (χ1n) is 31.6. The van der Waals surface area contributed by atoms with Gasteiger partial charge in [0.25, 0.3) is 17.7 Å². The fourth-order valence-corrected chi connectivity index (χ4v) is 9.85. The van der Waals surface area contributed by atoms with Crippen molar-refractivity contribution in [2.75, 3.05) is 22.5 Å². The number of halogens is 1. The Kier molecular flexibility index (Phi) is 23.5. The van der Waals surface area contributed by atoms with Crippen LogP contribution in [0.1, 0.15) is 155 Å². The van der Waals surface area contributed by atoms with Crippen LogP contribution in [0.25, 0.3) is 67.3 Å². The van der Waals surface area contributed by atoms with Crippen molar-refractivity contribution in [3.8, 4) is 34.6 Å². The zero-order valence-electron chi connectivity index (χ0n) is 54.4. The van der Waals surface area contributed by atoms with Gasteiger partial charge in [0, 0.05) is 62.4 Å². The summed E-state index contributed by atoms with van der Waals surface area (Å²) in [4.78, 5) is 65.8. The lowest BCUT2D eigenvalue weighted by Crippen LogP contribution is -2.13. The largest absolute Gasteiger partial charge is 0.330 e. The van der Waals surface area contributed by atoms with Crippen molar-refractivity contribution in [1.82, 2.24) is 74.2 Å². The van der Waals surface area contributed by atoms with Gasteiger partial charge in [-0.2, -0.15) is 0 Å². The van der Waals surface area contributed by atoms with Crippen LogP contribution in [0.2, 0.25) is 5.15 Å². The van der Waals surface area contributed by atoms with E-state index < -0.39 is 0 Å². The van der Waals surface area contributed by atoms with Crippen molar-refractivity contribution in [3.63, 3.8) is 0 Å². The molecule has 5 N–H and O–H groups in total. The van der Waals surface area contributed by atoms with Gasteiger partial charge in [0.1, 0.15) is 58.7 Å². The number of nitrogens with zero attached hydrogens (tertiary/aromatic N) is 15. The minimum absolute atomic E-state index is 0.196. The van der Waals surface area contributed by atoms with Gasteiger partial charge < -0.3 is 35.4 Å². The van der Waals surface area contributed by atoms with Gasteiger partial charge in [0.05, 0.1) is 16.6 Å². The fourth-order valence-electron chi connectivity index (χ4n) is 9.69. The maximum Gasteiger partial charge on any atom is 0.256 e. The highest BCUT2D eigenvalue weighted by molar-refractivity contribution is 6.29. The topological polar surface area (TPSA) is 283 Å². The normalized spacial score (nSPS) is 11.0. The van der Waals surface area contributed by atoms with Crippen molar-refractivity contribution in [3.05, 3.63) is 198 Å². The van der Waals surface area contributed by atoms with Crippen LogP contribution in [0.15, 0.2) is 165 Å². The number of rotatable bonds is 19. The number of anilines is 3. The lowest BCUT2D eigenvalue weighted by molar-refractivity contribution is 0.101. The Morgan fingerprint density at radius 2 is 0.745 bits per heavy atom. The molecule has 0 saturated heterocycles. The first-order chi connectivity index (χ1) is 45.5. The molecule has 3 aromatic carbocycles. The number of unbranched alkanes of at least 4 members (excludes halogenated alkanes) is 2. The SMILES string of the molecule is CC(C)n1cnnc1-c1cccc(NC(=O)c2ccc3ccc(Cl)nc3c2)n1.CCCCc1ccc2ccc(C(=O)Nc3cccc(-c4nncn4C(C)C)n3)cc2n1.CCCCc1ccc2ccc(C(=O)Nc3cccc(-c4nncn4C(C)C)n3)cc2n1.CCCN. The van der Waals surface area contributed by atoms with E-state index in [0.717, 1.165) is 90.1 Å². The smallest absolute Gasteiger partial charge is 0.256 e. The summed E-state index contributed by atoms with van der Waals surface area (Å²) in [5.74, 6) is 2.61. The maximum absolute atomic E-state index is 12.9. The molecule has 94 heavy (non-hydrogen) atoms. The standard InChI is InChI=1S/2C24H26N6O.C20H17ClN6O.C3H9N/c2*1-4-5-7-19-13-12-17-10-11-18(14-21(17)26-19)24(31)28-22-9-6-8-20(27-22)23-29-25-15-30(23)16(2)3;1-12(2)27-11-22-26-19(27)15-4-3-5-18(24-15)25-20(28)14-7-6-13-8-9-17(21)23-16(13)10-14;1-2-3-4/h2*6,8-16H,4-5,7H2,1-3H3,(H,27,28,31);3-12H,1-2H3,(H,24,25,28);2-4H2,1H3. The van der Waals surface area contributed by atoms with E-state index in [9.17, 15) is 14.4 Å². The van der Waals surface area contributed by atoms with Gasteiger partial charge in [-0.3, -0.25) is 24.4 Å². The average Bonchev–Trinajstić information content (AvgIpc) is 1.31. The number of carbonyl (C=O) groups excluding carboxylic acids is 3. The number of nitrogens with two attached hydrogens (primary N) is 1. The van der Waals surface area contributed by atoms with Crippen LogP contribution in [0.3, 0.4) is 0 Å². The first kappa shape index (κ1) is 67.8. The van der Waals surface area contributed by atoms with E-state index in [-0.39, 0.29) is 35.8 Å². The quantitative estimate of drug-likeness (QED) is 0.0547. The molecule has 0 radical (unpaired) electrons. The van der Waals surface area contributed by atoms with E-state index in [0.29, 0.717) is 79.4 Å². The molecule has 0 aliphatic carbocycles. The van der Waals surface area contributed by atoms with Crippen molar-refractivity contribution < 1.29 is 14.4 Å². The third-order valence-electron chi connectivity index (χ3n) is 14.9. The summed E-state index contributed by atoms with van der Waals surface area (Å²) in [5, 5.41) is 36.4. The molecular formula is C71H78ClN19O3. The molecule has 0 saturated carbocycles. The molecule has 0 unspecified atom stereocenters. The summed E-state index contributed by atoms with van der Waals surface area (Å²) in [6.07, 6.45) is 12.5. The molecular weight excluding hydrogens is 1200 g/mol. The molecule has 12 aromatic rings. The number of hydrogen-bond acceptors (Lipinski definition) is 16. The van der Waals surface area contributed by atoms with E-state index in [1.165, 1.54) is 0 Å². The molecule has 0 bridgehead atoms. The van der Waals surface area contributed by atoms with Crippen LogP contribution in [0, 0.1) is 0 Å². The lowest BCUT2D eigenvalue weighted by Gasteiger charge is -2.11. The van der Waals surface area contributed by atoms with E-state index in [4.69, 9.17) is 27.3 Å². The Morgan fingerprint density at radius 1 is 0.426 bits per heavy atom. The molecule has 0 fully saturated rings. The van der Waals surface area contributed by atoms with Gasteiger partial charge in [-0.15, -0.1) is 30.6 Å². The zero-order valence-corrected chi connectivity index (χ0v) is 55.1. The molecule has 0 atom stereocenters. The van der Waals surface area contributed by atoms with Crippen molar-refractivity contribution in [1.29, 1.82) is 0 Å². The van der Waals surface area contributed by atoms with E-state index >= 15 is 0 Å². The van der Waals surface area contributed by atoms with Crippen molar-refractivity contribution >= 4 is 79.5 Å². The highest BCUT2D eigenvalue weighted by Gasteiger charge is 2.18. The van der Waals surface area contributed by atoms with Crippen LogP contribution in [0.4, 0.5) is 17.5 Å². The van der Waals surface area contributed by atoms with Gasteiger partial charge in [0.15, 0.2) is 17.5 Å². The molecule has 9 aromatic heterocycles. The summed E-state index contributed by atoms with van der Waals surface area (Å²) < 4.78 is 5.81. The Bertz CT molecular complexity index is 4350.